The van der Waals surface area contributed by atoms with Gasteiger partial charge < -0.3 is 15.4 Å². The fourth-order valence-electron chi connectivity index (χ4n) is 2.95. The first kappa shape index (κ1) is 19.1. The van der Waals surface area contributed by atoms with E-state index in [4.69, 9.17) is 4.74 Å². The van der Waals surface area contributed by atoms with Crippen molar-refractivity contribution in [2.45, 2.75) is 6.42 Å². The molecule has 0 saturated carbocycles. The normalized spacial score (nSPS) is 12.6. The van der Waals surface area contributed by atoms with Crippen molar-refractivity contribution in [1.29, 1.82) is 0 Å². The van der Waals surface area contributed by atoms with Crippen LogP contribution in [0.25, 0.3) is 0 Å². The van der Waals surface area contributed by atoms with Gasteiger partial charge in [-0.2, -0.15) is 0 Å². The molecule has 28 heavy (non-hydrogen) atoms. The van der Waals surface area contributed by atoms with Crippen LogP contribution in [-0.2, 0) is 4.79 Å². The summed E-state index contributed by atoms with van der Waals surface area (Å²) in [5.41, 5.74) is 1.48. The van der Waals surface area contributed by atoms with Crippen LogP contribution < -0.4 is 15.4 Å². The molecule has 1 aliphatic rings. The quantitative estimate of drug-likeness (QED) is 0.741. The smallest absolute Gasteiger partial charge is 0.261 e. The van der Waals surface area contributed by atoms with Gasteiger partial charge in [0.05, 0.1) is 23.9 Å². The molecule has 2 aromatic rings. The number of benzene rings is 2. The number of hydrogen-bond donors (Lipinski definition) is 2. The van der Waals surface area contributed by atoms with Gasteiger partial charge in [0.15, 0.2) is 0 Å². The minimum absolute atomic E-state index is 0.0309. The molecule has 4 amide bonds. The third kappa shape index (κ3) is 3.57. The van der Waals surface area contributed by atoms with Crippen molar-refractivity contribution in [3.8, 4) is 5.75 Å². The Labute approximate surface area is 161 Å². The number of nitrogens with zero attached hydrogens (tertiary/aromatic N) is 1. The van der Waals surface area contributed by atoms with Crippen LogP contribution >= 0.6 is 0 Å². The maximum Gasteiger partial charge on any atom is 0.261 e. The van der Waals surface area contributed by atoms with E-state index < -0.39 is 11.8 Å². The lowest BCUT2D eigenvalue weighted by Gasteiger charge is -2.15. The Morgan fingerprint density at radius 1 is 1.04 bits per heavy atom. The molecule has 0 saturated heterocycles. The van der Waals surface area contributed by atoms with Gasteiger partial charge in [-0.3, -0.25) is 24.1 Å². The third-order valence-corrected chi connectivity index (χ3v) is 4.41. The zero-order chi connectivity index (χ0) is 20.3. The minimum Gasteiger partial charge on any atom is -0.495 e. The van der Waals surface area contributed by atoms with Crippen LogP contribution in [0.15, 0.2) is 42.5 Å². The average Bonchev–Trinajstić information content (AvgIpc) is 2.96. The molecule has 3 rings (SSSR count). The van der Waals surface area contributed by atoms with Crippen LogP contribution in [0.3, 0.4) is 0 Å². The fraction of sp³-hybridized carbons (Fsp3) is 0.200. The SMILES string of the molecule is CNC(=O)c1ccc(NC(=O)CCN2C(=O)c3ccccc3C2=O)c(OC)c1. The van der Waals surface area contributed by atoms with Crippen LogP contribution in [0.1, 0.15) is 37.5 Å². The van der Waals surface area contributed by atoms with Crippen LogP contribution in [-0.4, -0.2) is 49.2 Å². The summed E-state index contributed by atoms with van der Waals surface area (Å²) in [4.78, 5) is 49.7. The van der Waals surface area contributed by atoms with Crippen molar-refractivity contribution in [3.63, 3.8) is 0 Å². The number of carbonyl (C=O) groups is 4. The number of methoxy groups -OCH3 is 1. The molecule has 144 valence electrons. The Morgan fingerprint density at radius 3 is 2.25 bits per heavy atom. The van der Waals surface area contributed by atoms with Gasteiger partial charge in [-0.15, -0.1) is 0 Å². The van der Waals surface area contributed by atoms with Crippen molar-refractivity contribution in [2.24, 2.45) is 0 Å². The lowest BCUT2D eigenvalue weighted by Crippen LogP contribution is -2.32. The molecule has 0 radical (unpaired) electrons. The number of rotatable bonds is 6. The standard InChI is InChI=1S/C20H19N3O5/c1-21-18(25)12-7-8-15(16(11-12)28-2)22-17(24)9-10-23-19(26)13-5-3-4-6-14(13)20(23)27/h3-8,11H,9-10H2,1-2H3,(H,21,25)(H,22,24). The van der Waals surface area contributed by atoms with Crippen molar-refractivity contribution in [1.82, 2.24) is 10.2 Å². The molecule has 1 aliphatic heterocycles. The minimum atomic E-state index is -0.402. The second kappa shape index (κ2) is 7.91. The van der Waals surface area contributed by atoms with E-state index in [1.54, 1.807) is 36.4 Å². The molecule has 2 N–H and O–H groups in total. The van der Waals surface area contributed by atoms with Crippen LogP contribution in [0.2, 0.25) is 0 Å². The first-order chi connectivity index (χ1) is 13.5. The highest BCUT2D eigenvalue weighted by Gasteiger charge is 2.34. The topological polar surface area (TPSA) is 105 Å². The van der Waals surface area contributed by atoms with E-state index in [-0.39, 0.29) is 24.8 Å². The summed E-state index contributed by atoms with van der Waals surface area (Å²) < 4.78 is 5.22. The van der Waals surface area contributed by atoms with Gasteiger partial charge in [0.25, 0.3) is 17.7 Å². The molecule has 0 aliphatic carbocycles. The molecule has 0 atom stereocenters. The Kier molecular flexibility index (Phi) is 5.39. The summed E-state index contributed by atoms with van der Waals surface area (Å²) in [6.07, 6.45) is -0.0637. The van der Waals surface area contributed by atoms with Crippen molar-refractivity contribution in [3.05, 3.63) is 59.2 Å². The molecule has 8 heteroatoms. The summed E-state index contributed by atoms with van der Waals surface area (Å²) in [5, 5.41) is 5.18. The molecule has 1 heterocycles. The Bertz CT molecular complexity index is 935. The largest absolute Gasteiger partial charge is 0.495 e. The molecule has 8 nitrogen and oxygen atoms in total. The number of carbonyl (C=O) groups excluding carboxylic acids is 4. The number of imide groups is 1. The average molecular weight is 381 g/mol. The first-order valence-electron chi connectivity index (χ1n) is 8.61. The second-order valence-electron chi connectivity index (χ2n) is 6.10. The molecule has 0 unspecified atom stereocenters. The van der Waals surface area contributed by atoms with E-state index in [1.807, 2.05) is 0 Å². The highest BCUT2D eigenvalue weighted by molar-refractivity contribution is 6.21. The molecular formula is C20H19N3O5. The molecule has 2 aromatic carbocycles. The Morgan fingerprint density at radius 2 is 1.68 bits per heavy atom. The lowest BCUT2D eigenvalue weighted by atomic mass is 10.1. The highest BCUT2D eigenvalue weighted by Crippen LogP contribution is 2.26. The molecule has 0 fully saturated rings. The number of anilines is 1. The van der Waals surface area contributed by atoms with Gasteiger partial charge >= 0.3 is 0 Å². The van der Waals surface area contributed by atoms with E-state index in [1.165, 1.54) is 20.2 Å². The second-order valence-corrected chi connectivity index (χ2v) is 6.10. The summed E-state index contributed by atoms with van der Waals surface area (Å²) in [5.74, 6) is -1.14. The van der Waals surface area contributed by atoms with Gasteiger partial charge in [0.2, 0.25) is 5.91 Å². The van der Waals surface area contributed by atoms with Crippen molar-refractivity contribution >= 4 is 29.3 Å². The number of fused-ring (bicyclic) bond motifs is 1. The molecular weight excluding hydrogens is 362 g/mol. The summed E-state index contributed by atoms with van der Waals surface area (Å²) >= 11 is 0. The van der Waals surface area contributed by atoms with Crippen LogP contribution in [0.4, 0.5) is 5.69 Å². The van der Waals surface area contributed by atoms with Crippen LogP contribution in [0, 0.1) is 0 Å². The van der Waals surface area contributed by atoms with Gasteiger partial charge in [-0.05, 0) is 30.3 Å². The molecule has 0 bridgehead atoms. The van der Waals surface area contributed by atoms with E-state index >= 15 is 0 Å². The number of amides is 4. The van der Waals surface area contributed by atoms with Gasteiger partial charge in [-0.1, -0.05) is 12.1 Å². The monoisotopic (exact) mass is 381 g/mol. The molecule has 0 spiro atoms. The number of ether oxygens (including phenoxy) is 1. The first-order valence-corrected chi connectivity index (χ1v) is 8.61. The predicted molar refractivity (Wildman–Crippen MR) is 101 cm³/mol. The maximum atomic E-state index is 12.3. The van der Waals surface area contributed by atoms with E-state index in [9.17, 15) is 19.2 Å². The lowest BCUT2D eigenvalue weighted by molar-refractivity contribution is -0.116. The highest BCUT2D eigenvalue weighted by atomic mass is 16.5. The Hall–Kier alpha value is -3.68. The van der Waals surface area contributed by atoms with E-state index in [2.05, 4.69) is 10.6 Å². The fourth-order valence-corrected chi connectivity index (χ4v) is 2.95. The summed E-state index contributed by atoms with van der Waals surface area (Å²) in [7, 11) is 2.95. The van der Waals surface area contributed by atoms with Gasteiger partial charge in [-0.25, -0.2) is 0 Å². The van der Waals surface area contributed by atoms with Gasteiger partial charge in [0, 0.05) is 25.6 Å². The maximum absolute atomic E-state index is 12.3. The summed E-state index contributed by atoms with van der Waals surface area (Å²) in [6.45, 7) is -0.0309. The van der Waals surface area contributed by atoms with Crippen LogP contribution in [0.5, 0.6) is 5.75 Å². The number of hydrogen-bond acceptors (Lipinski definition) is 5. The van der Waals surface area contributed by atoms with E-state index in [0.717, 1.165) is 4.90 Å². The zero-order valence-corrected chi connectivity index (χ0v) is 15.4. The van der Waals surface area contributed by atoms with Crippen molar-refractivity contribution < 1.29 is 23.9 Å². The van der Waals surface area contributed by atoms with E-state index in [0.29, 0.717) is 28.1 Å². The zero-order valence-electron chi connectivity index (χ0n) is 15.4. The Balaban J connectivity index is 1.65. The van der Waals surface area contributed by atoms with Gasteiger partial charge in [0.1, 0.15) is 5.75 Å². The number of nitrogens with one attached hydrogen (secondary N) is 2. The van der Waals surface area contributed by atoms with Crippen molar-refractivity contribution in [2.75, 3.05) is 26.0 Å². The summed E-state index contributed by atoms with van der Waals surface area (Å²) in [6, 6.07) is 11.2. The molecule has 0 aromatic heterocycles. The third-order valence-electron chi connectivity index (χ3n) is 4.41. The predicted octanol–water partition coefficient (Wildman–Crippen LogP) is 1.68.